The molecule has 154 valence electrons. The highest BCUT2D eigenvalue weighted by atomic mass is 16.6. The summed E-state index contributed by atoms with van der Waals surface area (Å²) in [5.41, 5.74) is 1.34. The fourth-order valence-electron chi connectivity index (χ4n) is 3.03. The van der Waals surface area contributed by atoms with Gasteiger partial charge in [0.05, 0.1) is 28.9 Å². The molecule has 3 rings (SSSR count). The van der Waals surface area contributed by atoms with Crippen LogP contribution in [0.25, 0.3) is 0 Å². The van der Waals surface area contributed by atoms with Crippen molar-refractivity contribution in [2.75, 3.05) is 23.4 Å². The Morgan fingerprint density at radius 3 is 2.70 bits per heavy atom. The third-order valence-electron chi connectivity index (χ3n) is 4.66. The molecule has 10 heteroatoms. The third-order valence-corrected chi connectivity index (χ3v) is 4.66. The van der Waals surface area contributed by atoms with Gasteiger partial charge < -0.3 is 20.1 Å². The number of morpholine rings is 1. The van der Waals surface area contributed by atoms with E-state index in [2.05, 4.69) is 5.32 Å². The van der Waals surface area contributed by atoms with Crippen LogP contribution in [-0.4, -0.2) is 47.2 Å². The van der Waals surface area contributed by atoms with Gasteiger partial charge in [0.2, 0.25) is 0 Å². The van der Waals surface area contributed by atoms with E-state index in [4.69, 9.17) is 10.00 Å². The fraction of sp³-hybridized carbons (Fsp3) is 0.250. The minimum atomic E-state index is -1.80. The maximum Gasteiger partial charge on any atom is 0.274 e. The Morgan fingerprint density at radius 1 is 1.37 bits per heavy atom. The lowest BCUT2D eigenvalue weighted by atomic mass is 10.1. The Bertz CT molecular complexity index is 1030. The van der Waals surface area contributed by atoms with Gasteiger partial charge in [-0.1, -0.05) is 6.07 Å². The number of hydrogen-bond donors (Lipinski definition) is 2. The van der Waals surface area contributed by atoms with E-state index >= 15 is 0 Å². The van der Waals surface area contributed by atoms with Crippen LogP contribution in [0.3, 0.4) is 0 Å². The van der Waals surface area contributed by atoms with E-state index in [0.29, 0.717) is 16.8 Å². The molecule has 1 aliphatic rings. The molecule has 1 heterocycles. The highest BCUT2D eigenvalue weighted by molar-refractivity contribution is 6.04. The molecule has 1 unspecified atom stereocenters. The average Bonchev–Trinajstić information content (AvgIpc) is 2.74. The number of aliphatic hydroxyl groups excluding tert-OH is 1. The summed E-state index contributed by atoms with van der Waals surface area (Å²) >= 11 is 0. The number of benzene rings is 2. The van der Waals surface area contributed by atoms with Crippen molar-refractivity contribution in [1.29, 1.82) is 5.26 Å². The van der Waals surface area contributed by atoms with Crippen LogP contribution in [0.4, 0.5) is 17.1 Å². The largest absolute Gasteiger partial charge is 0.380 e. The van der Waals surface area contributed by atoms with Gasteiger partial charge in [0.15, 0.2) is 12.2 Å². The van der Waals surface area contributed by atoms with Crippen LogP contribution in [0.1, 0.15) is 11.1 Å². The fourth-order valence-corrected chi connectivity index (χ4v) is 3.03. The van der Waals surface area contributed by atoms with Crippen LogP contribution in [0, 0.1) is 28.4 Å². The summed E-state index contributed by atoms with van der Waals surface area (Å²) in [6.07, 6.45) is -3.26. The molecule has 2 amide bonds. The van der Waals surface area contributed by atoms with Crippen molar-refractivity contribution in [2.45, 2.75) is 19.1 Å². The highest BCUT2D eigenvalue weighted by Gasteiger charge is 2.39. The van der Waals surface area contributed by atoms with E-state index in [0.717, 1.165) is 0 Å². The summed E-state index contributed by atoms with van der Waals surface area (Å²) in [6.45, 7) is 1.75. The molecule has 2 aromatic rings. The second kappa shape index (κ2) is 8.69. The number of nitrogens with zero attached hydrogens (tertiary/aromatic N) is 3. The van der Waals surface area contributed by atoms with Crippen LogP contribution in [0.5, 0.6) is 0 Å². The molecule has 10 nitrogen and oxygen atoms in total. The second-order valence-corrected chi connectivity index (χ2v) is 6.63. The molecule has 2 atom stereocenters. The summed E-state index contributed by atoms with van der Waals surface area (Å²) < 4.78 is 5.32. The number of ether oxygens (including phenoxy) is 1. The number of rotatable bonds is 5. The van der Waals surface area contributed by atoms with Gasteiger partial charge in [-0.05, 0) is 37.3 Å². The van der Waals surface area contributed by atoms with E-state index in [1.54, 1.807) is 13.0 Å². The van der Waals surface area contributed by atoms with E-state index in [-0.39, 0.29) is 24.5 Å². The molecule has 0 saturated carbocycles. The topological polar surface area (TPSA) is 146 Å². The van der Waals surface area contributed by atoms with Crippen LogP contribution < -0.4 is 10.2 Å². The number of nitriles is 1. The highest BCUT2D eigenvalue weighted by Crippen LogP contribution is 2.27. The molecule has 0 radical (unpaired) electrons. The number of carbonyl (C=O) groups excluding carboxylic acids is 2. The Morgan fingerprint density at radius 2 is 2.07 bits per heavy atom. The van der Waals surface area contributed by atoms with Gasteiger partial charge in [0.1, 0.15) is 0 Å². The predicted molar refractivity (Wildman–Crippen MR) is 106 cm³/mol. The van der Waals surface area contributed by atoms with Gasteiger partial charge in [-0.15, -0.1) is 0 Å². The SMILES string of the molecule is Cc1ccc(N2CCO[C@H](C(O)C(=O)Nc3ccc(C#N)cc3)C2=O)cc1[N+](=O)[O-]. The maximum atomic E-state index is 12.8. The molecular weight excluding hydrogens is 392 g/mol. The van der Waals surface area contributed by atoms with E-state index in [1.165, 1.54) is 41.3 Å². The zero-order chi connectivity index (χ0) is 21.8. The first-order valence-electron chi connectivity index (χ1n) is 8.99. The monoisotopic (exact) mass is 410 g/mol. The number of amides is 2. The molecule has 0 aliphatic carbocycles. The first-order chi connectivity index (χ1) is 14.3. The van der Waals surface area contributed by atoms with Gasteiger partial charge in [-0.2, -0.15) is 5.26 Å². The lowest BCUT2D eigenvalue weighted by Gasteiger charge is -2.34. The number of nitro groups is 1. The first-order valence-corrected chi connectivity index (χ1v) is 8.99. The maximum absolute atomic E-state index is 12.8. The second-order valence-electron chi connectivity index (χ2n) is 6.63. The molecule has 30 heavy (non-hydrogen) atoms. The number of aliphatic hydroxyl groups is 1. The summed E-state index contributed by atoms with van der Waals surface area (Å²) in [7, 11) is 0. The zero-order valence-corrected chi connectivity index (χ0v) is 15.9. The number of nitrogens with one attached hydrogen (secondary N) is 1. The zero-order valence-electron chi connectivity index (χ0n) is 15.9. The Kier molecular flexibility index (Phi) is 6.06. The lowest BCUT2D eigenvalue weighted by Crippen LogP contribution is -2.55. The number of aryl methyl sites for hydroxylation is 1. The van der Waals surface area contributed by atoms with Gasteiger partial charge >= 0.3 is 0 Å². The van der Waals surface area contributed by atoms with Crippen molar-refractivity contribution in [3.8, 4) is 6.07 Å². The van der Waals surface area contributed by atoms with E-state index in [9.17, 15) is 24.8 Å². The normalized spacial score (nSPS) is 17.2. The third kappa shape index (κ3) is 4.27. The van der Waals surface area contributed by atoms with Crippen LogP contribution in [0.2, 0.25) is 0 Å². The number of anilines is 2. The molecule has 0 bridgehead atoms. The van der Waals surface area contributed by atoms with Crippen LogP contribution in [-0.2, 0) is 14.3 Å². The van der Waals surface area contributed by atoms with Gasteiger partial charge in [-0.3, -0.25) is 19.7 Å². The Labute approximate surface area is 171 Å². The van der Waals surface area contributed by atoms with Crippen molar-refractivity contribution < 1.29 is 24.4 Å². The lowest BCUT2D eigenvalue weighted by molar-refractivity contribution is -0.385. The quantitative estimate of drug-likeness (QED) is 0.561. The standard InChI is InChI=1S/C20H18N4O6/c1-12-2-7-15(10-16(12)24(28)29)23-8-9-30-18(20(23)27)17(25)19(26)22-14-5-3-13(11-21)4-6-14/h2-7,10,17-18,25H,8-9H2,1H3,(H,22,26)/t17?,18-/m1/s1. The van der Waals surface area contributed by atoms with Crippen LogP contribution in [0.15, 0.2) is 42.5 Å². The van der Waals surface area contributed by atoms with E-state index < -0.39 is 28.9 Å². The van der Waals surface area contributed by atoms with E-state index in [1.807, 2.05) is 6.07 Å². The predicted octanol–water partition coefficient (Wildman–Crippen LogP) is 1.51. The average molecular weight is 410 g/mol. The molecule has 0 aromatic heterocycles. The number of carbonyl (C=O) groups is 2. The van der Waals surface area contributed by atoms with Crippen molar-refractivity contribution in [2.24, 2.45) is 0 Å². The summed E-state index contributed by atoms with van der Waals surface area (Å²) in [5.74, 6) is -1.53. The van der Waals surface area contributed by atoms with Crippen molar-refractivity contribution in [3.63, 3.8) is 0 Å². The Hall–Kier alpha value is -3.81. The summed E-state index contributed by atoms with van der Waals surface area (Å²) in [6, 6.07) is 12.3. The van der Waals surface area contributed by atoms with Gasteiger partial charge in [0, 0.05) is 23.9 Å². The molecule has 2 aromatic carbocycles. The molecule has 1 fully saturated rings. The van der Waals surface area contributed by atoms with Crippen LogP contribution >= 0.6 is 0 Å². The Balaban J connectivity index is 1.75. The summed E-state index contributed by atoms with van der Waals surface area (Å²) in [5, 5.41) is 32.8. The van der Waals surface area contributed by atoms with Crippen molar-refractivity contribution in [1.82, 2.24) is 0 Å². The first kappa shape index (κ1) is 20.9. The van der Waals surface area contributed by atoms with Gasteiger partial charge in [0.25, 0.3) is 17.5 Å². The molecule has 1 saturated heterocycles. The molecule has 1 aliphatic heterocycles. The smallest absolute Gasteiger partial charge is 0.274 e. The molecule has 0 spiro atoms. The molecular formula is C20H18N4O6. The summed E-state index contributed by atoms with van der Waals surface area (Å²) in [4.78, 5) is 37.1. The van der Waals surface area contributed by atoms with Crippen molar-refractivity contribution >= 4 is 28.9 Å². The number of nitro benzene ring substituents is 1. The minimum Gasteiger partial charge on any atom is -0.380 e. The minimum absolute atomic E-state index is 0.0410. The molecule has 2 N–H and O–H groups in total. The van der Waals surface area contributed by atoms with Crippen molar-refractivity contribution in [3.05, 3.63) is 63.7 Å². The number of hydrogen-bond acceptors (Lipinski definition) is 7. The van der Waals surface area contributed by atoms with Gasteiger partial charge in [-0.25, -0.2) is 0 Å².